The predicted octanol–water partition coefficient (Wildman–Crippen LogP) is 1.33. The monoisotopic (exact) mass is 241 g/mol. The second-order valence-electron chi connectivity index (χ2n) is 5.53. The lowest BCUT2D eigenvalue weighted by atomic mass is 9.84. The Kier molecular flexibility index (Phi) is 4.40. The van der Waals surface area contributed by atoms with Gasteiger partial charge in [0.2, 0.25) is 0 Å². The maximum absolute atomic E-state index is 10.9. The van der Waals surface area contributed by atoms with Crippen LogP contribution in [0.4, 0.5) is 0 Å². The molecule has 0 aromatic rings. The van der Waals surface area contributed by atoms with Gasteiger partial charge in [-0.3, -0.25) is 4.79 Å². The number of aliphatic hydroxyl groups is 1. The lowest BCUT2D eigenvalue weighted by Crippen LogP contribution is -2.45. The number of likely N-dealkylation sites (tertiary alicyclic amines) is 1. The Balaban J connectivity index is 1.81. The van der Waals surface area contributed by atoms with Gasteiger partial charge < -0.3 is 15.1 Å². The molecule has 4 heteroatoms. The molecule has 1 saturated heterocycles. The van der Waals surface area contributed by atoms with Crippen LogP contribution in [0.2, 0.25) is 0 Å². The minimum Gasteiger partial charge on any atom is -0.481 e. The Morgan fingerprint density at radius 1 is 1.18 bits per heavy atom. The van der Waals surface area contributed by atoms with Crippen LogP contribution in [0.5, 0.6) is 0 Å². The largest absolute Gasteiger partial charge is 0.481 e. The van der Waals surface area contributed by atoms with E-state index in [4.69, 9.17) is 5.11 Å². The first-order valence-corrected chi connectivity index (χ1v) is 6.78. The highest BCUT2D eigenvalue weighted by molar-refractivity contribution is 5.70. The second-order valence-corrected chi connectivity index (χ2v) is 5.53. The van der Waals surface area contributed by atoms with Gasteiger partial charge in [0, 0.05) is 19.2 Å². The topological polar surface area (TPSA) is 60.8 Å². The number of carboxylic acids is 1. The summed E-state index contributed by atoms with van der Waals surface area (Å²) in [5, 5.41) is 18.2. The van der Waals surface area contributed by atoms with E-state index in [1.165, 1.54) is 6.42 Å². The van der Waals surface area contributed by atoms with Crippen LogP contribution in [0.1, 0.15) is 38.5 Å². The molecule has 0 bridgehead atoms. The number of rotatable bonds is 3. The molecule has 0 aromatic heterocycles. The zero-order chi connectivity index (χ0) is 12.3. The van der Waals surface area contributed by atoms with Crippen molar-refractivity contribution >= 4 is 5.97 Å². The lowest BCUT2D eigenvalue weighted by molar-refractivity contribution is -0.143. The molecule has 0 amide bonds. The van der Waals surface area contributed by atoms with Crippen molar-refractivity contribution in [3.63, 3.8) is 0 Å². The number of nitrogens with zero attached hydrogens (tertiary/aromatic N) is 1. The van der Waals surface area contributed by atoms with Crippen molar-refractivity contribution in [1.82, 2.24) is 4.90 Å². The first-order valence-electron chi connectivity index (χ1n) is 6.78. The summed E-state index contributed by atoms with van der Waals surface area (Å²) >= 11 is 0. The number of hydrogen-bond donors (Lipinski definition) is 2. The number of hydrogen-bond acceptors (Lipinski definition) is 3. The summed E-state index contributed by atoms with van der Waals surface area (Å²) in [7, 11) is 0. The molecule has 98 valence electrons. The molecule has 1 unspecified atom stereocenters. The summed E-state index contributed by atoms with van der Waals surface area (Å²) in [6.07, 6.45) is 5.96. The van der Waals surface area contributed by atoms with Gasteiger partial charge >= 0.3 is 5.97 Å². The number of aliphatic hydroxyl groups excluding tert-OH is 1. The Morgan fingerprint density at radius 3 is 2.47 bits per heavy atom. The van der Waals surface area contributed by atoms with Crippen LogP contribution in [0.15, 0.2) is 0 Å². The summed E-state index contributed by atoms with van der Waals surface area (Å²) < 4.78 is 0. The summed E-state index contributed by atoms with van der Waals surface area (Å²) in [4.78, 5) is 13.4. The normalized spacial score (nSPS) is 35.7. The standard InChI is InChI=1S/C13H23NO3/c15-9-10-2-1-7-14(8-10)12-5-3-11(4-6-12)13(16)17/h10-12,15H,1-9H2,(H,16,17). The quantitative estimate of drug-likeness (QED) is 0.782. The minimum absolute atomic E-state index is 0.121. The van der Waals surface area contributed by atoms with E-state index in [0.717, 1.165) is 45.2 Å². The van der Waals surface area contributed by atoms with Gasteiger partial charge in [-0.05, 0) is 51.0 Å². The van der Waals surface area contributed by atoms with Crippen LogP contribution in [-0.2, 0) is 4.79 Å². The maximum Gasteiger partial charge on any atom is 0.306 e. The smallest absolute Gasteiger partial charge is 0.306 e. The van der Waals surface area contributed by atoms with Gasteiger partial charge in [0.15, 0.2) is 0 Å². The predicted molar refractivity (Wildman–Crippen MR) is 64.8 cm³/mol. The zero-order valence-corrected chi connectivity index (χ0v) is 10.3. The first kappa shape index (κ1) is 12.8. The average molecular weight is 241 g/mol. The van der Waals surface area contributed by atoms with Crippen molar-refractivity contribution in [3.8, 4) is 0 Å². The Bertz CT molecular complexity index is 261. The second kappa shape index (κ2) is 5.83. The van der Waals surface area contributed by atoms with Gasteiger partial charge in [-0.2, -0.15) is 0 Å². The van der Waals surface area contributed by atoms with Crippen molar-refractivity contribution in [2.75, 3.05) is 19.7 Å². The van der Waals surface area contributed by atoms with Crippen molar-refractivity contribution in [2.24, 2.45) is 11.8 Å². The third-order valence-corrected chi connectivity index (χ3v) is 4.37. The number of piperidine rings is 1. The Morgan fingerprint density at radius 2 is 1.88 bits per heavy atom. The average Bonchev–Trinajstić information content (AvgIpc) is 2.39. The van der Waals surface area contributed by atoms with Crippen molar-refractivity contribution in [3.05, 3.63) is 0 Å². The van der Waals surface area contributed by atoms with E-state index in [1.54, 1.807) is 0 Å². The number of carboxylic acid groups (broad SMARTS) is 1. The van der Waals surface area contributed by atoms with Gasteiger partial charge in [-0.1, -0.05) is 0 Å². The van der Waals surface area contributed by atoms with Crippen LogP contribution in [0, 0.1) is 11.8 Å². The molecule has 0 radical (unpaired) electrons. The first-order chi connectivity index (χ1) is 8.20. The SMILES string of the molecule is O=C(O)C1CCC(N2CCCC(CO)C2)CC1. The van der Waals surface area contributed by atoms with Crippen LogP contribution in [0.3, 0.4) is 0 Å². The molecule has 2 aliphatic rings. The summed E-state index contributed by atoms with van der Waals surface area (Å²) in [6, 6.07) is 0.556. The molecule has 17 heavy (non-hydrogen) atoms. The van der Waals surface area contributed by atoms with Gasteiger partial charge in [0.05, 0.1) is 5.92 Å². The van der Waals surface area contributed by atoms with E-state index in [0.29, 0.717) is 18.6 Å². The van der Waals surface area contributed by atoms with E-state index in [1.807, 2.05) is 0 Å². The highest BCUT2D eigenvalue weighted by Crippen LogP contribution is 2.30. The van der Waals surface area contributed by atoms with Crippen molar-refractivity contribution in [2.45, 2.75) is 44.6 Å². The molecule has 4 nitrogen and oxygen atoms in total. The van der Waals surface area contributed by atoms with Crippen LogP contribution in [-0.4, -0.2) is 46.8 Å². The van der Waals surface area contributed by atoms with Crippen LogP contribution < -0.4 is 0 Å². The summed E-state index contributed by atoms with van der Waals surface area (Å²) in [5.41, 5.74) is 0. The number of carbonyl (C=O) groups is 1. The molecular weight excluding hydrogens is 218 g/mol. The highest BCUT2D eigenvalue weighted by atomic mass is 16.4. The summed E-state index contributed by atoms with van der Waals surface area (Å²) in [5.74, 6) is -0.319. The van der Waals surface area contributed by atoms with Crippen LogP contribution in [0.25, 0.3) is 0 Å². The fourth-order valence-corrected chi connectivity index (χ4v) is 3.27. The molecule has 2 rings (SSSR count). The lowest BCUT2D eigenvalue weighted by Gasteiger charge is -2.40. The van der Waals surface area contributed by atoms with Gasteiger partial charge in [-0.15, -0.1) is 0 Å². The molecule has 1 saturated carbocycles. The molecule has 2 N–H and O–H groups in total. The fourth-order valence-electron chi connectivity index (χ4n) is 3.27. The number of aliphatic carboxylic acids is 1. The molecule has 2 fully saturated rings. The fraction of sp³-hybridized carbons (Fsp3) is 0.923. The van der Waals surface area contributed by atoms with E-state index in [9.17, 15) is 9.90 Å². The Hall–Kier alpha value is -0.610. The maximum atomic E-state index is 10.9. The third kappa shape index (κ3) is 3.19. The molecule has 1 heterocycles. The van der Waals surface area contributed by atoms with E-state index < -0.39 is 5.97 Å². The zero-order valence-electron chi connectivity index (χ0n) is 10.3. The van der Waals surface area contributed by atoms with Crippen molar-refractivity contribution in [1.29, 1.82) is 0 Å². The van der Waals surface area contributed by atoms with E-state index in [-0.39, 0.29) is 5.92 Å². The molecule has 1 aliphatic heterocycles. The summed E-state index contributed by atoms with van der Waals surface area (Å²) in [6.45, 7) is 2.42. The van der Waals surface area contributed by atoms with Gasteiger partial charge in [-0.25, -0.2) is 0 Å². The molecule has 1 atom stereocenters. The third-order valence-electron chi connectivity index (χ3n) is 4.37. The molecule has 0 spiro atoms. The van der Waals surface area contributed by atoms with Crippen molar-refractivity contribution < 1.29 is 15.0 Å². The van der Waals surface area contributed by atoms with E-state index in [2.05, 4.69) is 4.90 Å². The highest BCUT2D eigenvalue weighted by Gasteiger charge is 2.31. The Labute approximate surface area is 103 Å². The minimum atomic E-state index is -0.629. The van der Waals surface area contributed by atoms with Gasteiger partial charge in [0.1, 0.15) is 0 Å². The molecule has 0 aromatic carbocycles. The van der Waals surface area contributed by atoms with Gasteiger partial charge in [0.25, 0.3) is 0 Å². The van der Waals surface area contributed by atoms with Crippen LogP contribution >= 0.6 is 0 Å². The molecular formula is C13H23NO3. The molecule has 1 aliphatic carbocycles. The van der Waals surface area contributed by atoms with E-state index >= 15 is 0 Å².